The first-order chi connectivity index (χ1) is 15.0. The topological polar surface area (TPSA) is 82.4 Å². The number of rotatable bonds is 23. The molecule has 4 unspecified atom stereocenters. The van der Waals surface area contributed by atoms with Crippen molar-refractivity contribution in [3.63, 3.8) is 0 Å². The molecule has 0 bridgehead atoms. The zero-order chi connectivity index (χ0) is 23.3. The Hall–Kier alpha value is -0.240. The van der Waals surface area contributed by atoms with Crippen molar-refractivity contribution in [2.45, 2.75) is 97.7 Å². The van der Waals surface area contributed by atoms with Crippen LogP contribution in [0.2, 0.25) is 0 Å². The highest BCUT2D eigenvalue weighted by molar-refractivity contribution is 4.70. The lowest BCUT2D eigenvalue weighted by Crippen LogP contribution is -2.41. The minimum absolute atomic E-state index is 0.0981. The second-order valence-corrected chi connectivity index (χ2v) is 9.05. The van der Waals surface area contributed by atoms with Gasteiger partial charge in [0, 0.05) is 39.5 Å². The van der Waals surface area contributed by atoms with E-state index in [0.717, 1.165) is 12.8 Å². The molecule has 6 heteroatoms. The number of hydrogen-bond acceptors (Lipinski definition) is 6. The van der Waals surface area contributed by atoms with Crippen LogP contribution in [0.5, 0.6) is 0 Å². The summed E-state index contributed by atoms with van der Waals surface area (Å²) in [5.74, 6) is 1.11. The third-order valence-electron chi connectivity index (χ3n) is 5.98. The van der Waals surface area contributed by atoms with Crippen LogP contribution in [-0.2, 0) is 9.47 Å². The Morgan fingerprint density at radius 3 is 1.48 bits per heavy atom. The predicted octanol–water partition coefficient (Wildman–Crippen LogP) is 3.86. The van der Waals surface area contributed by atoms with E-state index in [4.69, 9.17) is 9.47 Å². The Morgan fingerprint density at radius 2 is 1.13 bits per heavy atom. The first kappa shape index (κ1) is 30.8. The van der Waals surface area contributed by atoms with Gasteiger partial charge in [0.1, 0.15) is 0 Å². The van der Waals surface area contributed by atoms with Gasteiger partial charge >= 0.3 is 0 Å². The Morgan fingerprint density at radius 1 is 0.677 bits per heavy atom. The van der Waals surface area contributed by atoms with Crippen molar-refractivity contribution >= 4 is 0 Å². The Kier molecular flexibility index (Phi) is 21.4. The maximum Gasteiger partial charge on any atom is 0.0900 e. The van der Waals surface area contributed by atoms with E-state index in [2.05, 4.69) is 27.7 Å². The fourth-order valence-corrected chi connectivity index (χ4v) is 3.79. The first-order valence-corrected chi connectivity index (χ1v) is 12.8. The molecule has 0 aromatic carbocycles. The van der Waals surface area contributed by atoms with Gasteiger partial charge in [0.2, 0.25) is 0 Å². The van der Waals surface area contributed by atoms with Crippen LogP contribution in [0.1, 0.15) is 85.5 Å². The average molecular weight is 448 g/mol. The fourth-order valence-electron chi connectivity index (χ4n) is 3.79. The maximum absolute atomic E-state index is 10.4. The molecule has 0 aliphatic carbocycles. The summed E-state index contributed by atoms with van der Waals surface area (Å²) in [7, 11) is 0. The summed E-state index contributed by atoms with van der Waals surface area (Å²) in [6, 6.07) is 0. The number of ether oxygens (including phenoxy) is 2. The minimum Gasteiger partial charge on any atom is -0.396 e. The van der Waals surface area contributed by atoms with Crippen LogP contribution < -0.4 is 0 Å². The van der Waals surface area contributed by atoms with Crippen LogP contribution in [-0.4, -0.2) is 85.1 Å². The number of unbranched alkanes of at least 4 members (excludes halogenated alkanes) is 2. The summed E-state index contributed by atoms with van der Waals surface area (Å²) < 4.78 is 11.6. The van der Waals surface area contributed by atoms with E-state index < -0.39 is 12.2 Å². The van der Waals surface area contributed by atoms with E-state index in [0.29, 0.717) is 64.3 Å². The van der Waals surface area contributed by atoms with Gasteiger partial charge < -0.3 is 24.8 Å². The van der Waals surface area contributed by atoms with Gasteiger partial charge in [0.05, 0.1) is 25.4 Å². The highest BCUT2D eigenvalue weighted by Gasteiger charge is 2.17. The molecule has 4 atom stereocenters. The van der Waals surface area contributed by atoms with Crippen LogP contribution in [0, 0.1) is 11.8 Å². The van der Waals surface area contributed by atoms with Gasteiger partial charge in [0.25, 0.3) is 0 Å². The lowest BCUT2D eigenvalue weighted by molar-refractivity contribution is -0.0213. The van der Waals surface area contributed by atoms with Crippen LogP contribution >= 0.6 is 0 Å². The predicted molar refractivity (Wildman–Crippen MR) is 128 cm³/mol. The number of aliphatic hydroxyl groups excluding tert-OH is 3. The lowest BCUT2D eigenvalue weighted by atomic mass is 10.0. The van der Waals surface area contributed by atoms with Crippen molar-refractivity contribution in [3.05, 3.63) is 0 Å². The molecule has 0 rings (SSSR count). The van der Waals surface area contributed by atoms with Crippen molar-refractivity contribution < 1.29 is 24.8 Å². The average Bonchev–Trinajstić information content (AvgIpc) is 2.76. The summed E-state index contributed by atoms with van der Waals surface area (Å²) in [6.07, 6.45) is 8.79. The van der Waals surface area contributed by atoms with Gasteiger partial charge in [-0.15, -0.1) is 0 Å². The molecule has 3 N–H and O–H groups in total. The zero-order valence-corrected chi connectivity index (χ0v) is 20.9. The number of aliphatic hydroxyl groups is 3. The molecule has 0 radical (unpaired) electrons. The van der Waals surface area contributed by atoms with Crippen molar-refractivity contribution in [2.75, 3.05) is 52.7 Å². The summed E-state index contributed by atoms with van der Waals surface area (Å²) in [5.41, 5.74) is 0. The Bertz CT molecular complexity index is 342. The molecule has 0 amide bonds. The van der Waals surface area contributed by atoms with E-state index in [1.807, 2.05) is 4.90 Å². The molecule has 0 aliphatic rings. The van der Waals surface area contributed by atoms with Gasteiger partial charge in [0.15, 0.2) is 0 Å². The van der Waals surface area contributed by atoms with E-state index >= 15 is 0 Å². The van der Waals surface area contributed by atoms with Gasteiger partial charge in [-0.3, -0.25) is 4.90 Å². The molecule has 0 saturated heterocycles. The molecule has 0 fully saturated rings. The number of hydrogen-bond donors (Lipinski definition) is 3. The lowest BCUT2D eigenvalue weighted by Gasteiger charge is -2.27. The molecule has 0 aliphatic heterocycles. The Balaban J connectivity index is 4.29. The SMILES string of the molecule is CCCCC(CC)COCC(O)CN(CCCO)CC(O)COCC(CC)CCCC. The maximum atomic E-state index is 10.4. The quantitative estimate of drug-likeness (QED) is 0.221. The second kappa shape index (κ2) is 21.6. The third kappa shape index (κ3) is 17.9. The van der Waals surface area contributed by atoms with E-state index in [1.165, 1.54) is 38.5 Å². The van der Waals surface area contributed by atoms with Crippen molar-refractivity contribution in [2.24, 2.45) is 11.8 Å². The highest BCUT2D eigenvalue weighted by Crippen LogP contribution is 2.14. The van der Waals surface area contributed by atoms with E-state index in [1.54, 1.807) is 0 Å². The molecule has 0 aromatic rings. The molecular weight excluding hydrogens is 394 g/mol. The highest BCUT2D eigenvalue weighted by atomic mass is 16.5. The Labute approximate surface area is 192 Å². The molecule has 31 heavy (non-hydrogen) atoms. The van der Waals surface area contributed by atoms with Gasteiger partial charge in [-0.1, -0.05) is 66.2 Å². The normalized spacial score (nSPS) is 15.9. The summed E-state index contributed by atoms with van der Waals surface area (Å²) in [6.45, 7) is 12.4. The van der Waals surface area contributed by atoms with Crippen molar-refractivity contribution in [1.29, 1.82) is 0 Å². The van der Waals surface area contributed by atoms with Crippen molar-refractivity contribution in [1.82, 2.24) is 4.90 Å². The second-order valence-electron chi connectivity index (χ2n) is 9.05. The summed E-state index contributed by atoms with van der Waals surface area (Å²) in [5, 5.41) is 30.0. The molecule has 6 nitrogen and oxygen atoms in total. The monoisotopic (exact) mass is 447 g/mol. The zero-order valence-electron chi connectivity index (χ0n) is 20.9. The summed E-state index contributed by atoms with van der Waals surface area (Å²) >= 11 is 0. The van der Waals surface area contributed by atoms with Gasteiger partial charge in [-0.05, 0) is 31.1 Å². The molecule has 188 valence electrons. The van der Waals surface area contributed by atoms with Crippen LogP contribution in [0.4, 0.5) is 0 Å². The summed E-state index contributed by atoms with van der Waals surface area (Å²) in [4.78, 5) is 2.00. The van der Waals surface area contributed by atoms with Crippen LogP contribution in [0.15, 0.2) is 0 Å². The largest absolute Gasteiger partial charge is 0.396 e. The van der Waals surface area contributed by atoms with E-state index in [-0.39, 0.29) is 6.61 Å². The fraction of sp³-hybridized carbons (Fsp3) is 1.00. The minimum atomic E-state index is -0.603. The van der Waals surface area contributed by atoms with Gasteiger partial charge in [-0.2, -0.15) is 0 Å². The van der Waals surface area contributed by atoms with E-state index in [9.17, 15) is 15.3 Å². The van der Waals surface area contributed by atoms with Gasteiger partial charge in [-0.25, -0.2) is 0 Å². The molecule has 0 saturated carbocycles. The molecule has 0 spiro atoms. The first-order valence-electron chi connectivity index (χ1n) is 12.8. The van der Waals surface area contributed by atoms with Crippen LogP contribution in [0.3, 0.4) is 0 Å². The molecular formula is C25H53NO5. The standard InChI is InChI=1S/C25H53NO5/c1-5-9-12-22(7-3)18-30-20-24(28)16-26(14-11-15-27)17-25(29)21-31-19-23(8-4)13-10-6-2/h22-25,27-29H,5-21H2,1-4H3. The smallest absolute Gasteiger partial charge is 0.0900 e. The van der Waals surface area contributed by atoms with Crippen LogP contribution in [0.25, 0.3) is 0 Å². The van der Waals surface area contributed by atoms with Crippen molar-refractivity contribution in [3.8, 4) is 0 Å². The number of nitrogens with zero attached hydrogens (tertiary/aromatic N) is 1. The molecule has 0 aromatic heterocycles. The third-order valence-corrected chi connectivity index (χ3v) is 5.98. The molecule has 0 heterocycles.